The highest BCUT2D eigenvalue weighted by molar-refractivity contribution is 5.95. The second-order valence-electron chi connectivity index (χ2n) is 5.82. The third-order valence-electron chi connectivity index (χ3n) is 4.70. The van der Waals surface area contributed by atoms with Crippen LogP contribution in [0.25, 0.3) is 0 Å². The van der Waals surface area contributed by atoms with Crippen LogP contribution >= 0.6 is 0 Å². The summed E-state index contributed by atoms with van der Waals surface area (Å²) in [6, 6.07) is 5.65. The minimum Gasteiger partial charge on any atom is -0.493 e. The lowest BCUT2D eigenvalue weighted by molar-refractivity contribution is 0.0922. The molecular formula is C16H21NO3. The van der Waals surface area contributed by atoms with Gasteiger partial charge in [0.15, 0.2) is 11.5 Å². The standard InChI is InChI=1S/C16H21NO3/c1-19-14-6-5-12(9-15(14)20-2)16(18)17-13-8-10-3-4-11(13)7-10/h5-6,9-11,13H,3-4,7-8H2,1-2H3,(H,17,18)/t10-,11-,13-/m0/s1. The zero-order valence-electron chi connectivity index (χ0n) is 12.0. The van der Waals surface area contributed by atoms with Crippen molar-refractivity contribution in [2.45, 2.75) is 31.7 Å². The van der Waals surface area contributed by atoms with E-state index in [0.717, 1.165) is 12.3 Å². The first-order valence-corrected chi connectivity index (χ1v) is 7.24. The molecule has 4 nitrogen and oxygen atoms in total. The molecule has 2 aliphatic carbocycles. The molecule has 20 heavy (non-hydrogen) atoms. The van der Waals surface area contributed by atoms with Gasteiger partial charge in [-0.25, -0.2) is 0 Å². The van der Waals surface area contributed by atoms with Crippen LogP contribution in [0.15, 0.2) is 18.2 Å². The number of ether oxygens (including phenoxy) is 2. The van der Waals surface area contributed by atoms with Gasteiger partial charge in [0.25, 0.3) is 5.91 Å². The molecule has 3 atom stereocenters. The van der Waals surface area contributed by atoms with Crippen LogP contribution in [0.4, 0.5) is 0 Å². The Morgan fingerprint density at radius 2 is 1.95 bits per heavy atom. The van der Waals surface area contributed by atoms with Crippen molar-refractivity contribution < 1.29 is 14.3 Å². The van der Waals surface area contributed by atoms with E-state index < -0.39 is 0 Å². The Bertz CT molecular complexity index is 514. The lowest BCUT2D eigenvalue weighted by Crippen LogP contribution is -2.38. The Balaban J connectivity index is 1.71. The summed E-state index contributed by atoms with van der Waals surface area (Å²) in [6.45, 7) is 0. The molecule has 0 heterocycles. The number of rotatable bonds is 4. The molecule has 1 aromatic rings. The van der Waals surface area contributed by atoms with Gasteiger partial charge in [-0.3, -0.25) is 4.79 Å². The molecule has 108 valence electrons. The minimum atomic E-state index is -0.0106. The quantitative estimate of drug-likeness (QED) is 0.919. The van der Waals surface area contributed by atoms with Crippen LogP contribution in [0.2, 0.25) is 0 Å². The first-order chi connectivity index (χ1) is 9.71. The number of fused-ring (bicyclic) bond motifs is 2. The lowest BCUT2D eigenvalue weighted by Gasteiger charge is -2.23. The molecule has 1 N–H and O–H groups in total. The Morgan fingerprint density at radius 3 is 2.55 bits per heavy atom. The summed E-state index contributed by atoms with van der Waals surface area (Å²) >= 11 is 0. The van der Waals surface area contributed by atoms with Crippen molar-refractivity contribution in [3.63, 3.8) is 0 Å². The summed E-state index contributed by atoms with van der Waals surface area (Å²) in [5, 5.41) is 3.18. The van der Waals surface area contributed by atoms with Crippen molar-refractivity contribution in [2.24, 2.45) is 11.8 Å². The van der Waals surface area contributed by atoms with E-state index in [4.69, 9.17) is 9.47 Å². The first-order valence-electron chi connectivity index (χ1n) is 7.24. The van der Waals surface area contributed by atoms with Crippen LogP contribution in [0, 0.1) is 11.8 Å². The molecule has 2 aliphatic rings. The molecule has 0 saturated heterocycles. The van der Waals surface area contributed by atoms with Gasteiger partial charge < -0.3 is 14.8 Å². The van der Waals surface area contributed by atoms with Crippen molar-refractivity contribution in [1.82, 2.24) is 5.32 Å². The maximum Gasteiger partial charge on any atom is 0.251 e. The molecule has 4 heteroatoms. The van der Waals surface area contributed by atoms with E-state index in [1.807, 2.05) is 0 Å². The van der Waals surface area contributed by atoms with E-state index in [1.54, 1.807) is 32.4 Å². The highest BCUT2D eigenvalue weighted by atomic mass is 16.5. The smallest absolute Gasteiger partial charge is 0.251 e. The van der Waals surface area contributed by atoms with Gasteiger partial charge in [-0.05, 0) is 49.3 Å². The minimum absolute atomic E-state index is 0.0106. The van der Waals surface area contributed by atoms with Gasteiger partial charge in [-0.1, -0.05) is 6.42 Å². The molecule has 0 radical (unpaired) electrons. The van der Waals surface area contributed by atoms with Crippen molar-refractivity contribution in [2.75, 3.05) is 14.2 Å². The van der Waals surface area contributed by atoms with E-state index in [0.29, 0.717) is 29.0 Å². The van der Waals surface area contributed by atoms with Crippen LogP contribution in [0.5, 0.6) is 11.5 Å². The monoisotopic (exact) mass is 275 g/mol. The average molecular weight is 275 g/mol. The number of hydrogen-bond acceptors (Lipinski definition) is 3. The van der Waals surface area contributed by atoms with E-state index in [9.17, 15) is 4.79 Å². The van der Waals surface area contributed by atoms with Crippen molar-refractivity contribution >= 4 is 5.91 Å². The predicted molar refractivity (Wildman–Crippen MR) is 76.2 cm³/mol. The third-order valence-corrected chi connectivity index (χ3v) is 4.70. The van der Waals surface area contributed by atoms with E-state index in [-0.39, 0.29) is 5.91 Å². The lowest BCUT2D eigenvalue weighted by atomic mass is 9.95. The molecule has 1 aromatic carbocycles. The number of carbonyl (C=O) groups excluding carboxylic acids is 1. The molecule has 0 unspecified atom stereocenters. The summed E-state index contributed by atoms with van der Waals surface area (Å²) in [5.74, 6) is 2.74. The number of amides is 1. The summed E-state index contributed by atoms with van der Waals surface area (Å²) in [7, 11) is 3.17. The fourth-order valence-electron chi connectivity index (χ4n) is 3.65. The van der Waals surface area contributed by atoms with E-state index in [1.165, 1.54) is 19.3 Å². The van der Waals surface area contributed by atoms with Crippen molar-refractivity contribution in [1.29, 1.82) is 0 Å². The Labute approximate surface area is 119 Å². The zero-order valence-corrected chi connectivity index (χ0v) is 12.0. The third kappa shape index (κ3) is 2.35. The summed E-state index contributed by atoms with van der Waals surface area (Å²) in [5.41, 5.74) is 0.630. The van der Waals surface area contributed by atoms with Crippen LogP contribution in [-0.4, -0.2) is 26.2 Å². The van der Waals surface area contributed by atoms with Crippen molar-refractivity contribution in [3.05, 3.63) is 23.8 Å². The Morgan fingerprint density at radius 1 is 1.15 bits per heavy atom. The fraction of sp³-hybridized carbons (Fsp3) is 0.562. The van der Waals surface area contributed by atoms with Crippen LogP contribution in [-0.2, 0) is 0 Å². The van der Waals surface area contributed by atoms with Crippen LogP contribution in [0.3, 0.4) is 0 Å². The van der Waals surface area contributed by atoms with Gasteiger partial charge in [-0.2, -0.15) is 0 Å². The number of methoxy groups -OCH3 is 2. The zero-order chi connectivity index (χ0) is 14.1. The van der Waals surface area contributed by atoms with Crippen LogP contribution in [0.1, 0.15) is 36.0 Å². The molecule has 1 amide bonds. The summed E-state index contributed by atoms with van der Waals surface area (Å²) in [6.07, 6.45) is 5.04. The molecule has 3 rings (SSSR count). The second kappa shape index (κ2) is 5.35. The van der Waals surface area contributed by atoms with Crippen LogP contribution < -0.4 is 14.8 Å². The second-order valence-corrected chi connectivity index (χ2v) is 5.82. The molecule has 2 fully saturated rings. The number of benzene rings is 1. The normalized spacial score (nSPS) is 27.4. The SMILES string of the molecule is COc1ccc(C(=O)N[C@H]2C[C@H]3CC[C@H]2C3)cc1OC. The highest BCUT2D eigenvalue weighted by Crippen LogP contribution is 2.44. The number of hydrogen-bond donors (Lipinski definition) is 1. The molecule has 0 aliphatic heterocycles. The number of nitrogens with one attached hydrogen (secondary N) is 1. The molecule has 0 spiro atoms. The average Bonchev–Trinajstić information content (AvgIpc) is 3.09. The maximum atomic E-state index is 12.3. The van der Waals surface area contributed by atoms with E-state index >= 15 is 0 Å². The predicted octanol–water partition coefficient (Wildman–Crippen LogP) is 2.62. The Kier molecular flexibility index (Phi) is 3.55. The van der Waals surface area contributed by atoms with Gasteiger partial charge >= 0.3 is 0 Å². The molecule has 2 bridgehead atoms. The largest absolute Gasteiger partial charge is 0.493 e. The fourth-order valence-corrected chi connectivity index (χ4v) is 3.65. The van der Waals surface area contributed by atoms with Gasteiger partial charge in [0, 0.05) is 11.6 Å². The summed E-state index contributed by atoms with van der Waals surface area (Å²) in [4.78, 5) is 12.3. The van der Waals surface area contributed by atoms with Gasteiger partial charge in [0.05, 0.1) is 14.2 Å². The van der Waals surface area contributed by atoms with Gasteiger partial charge in [-0.15, -0.1) is 0 Å². The molecule has 0 aromatic heterocycles. The highest BCUT2D eigenvalue weighted by Gasteiger charge is 2.40. The molecule has 2 saturated carbocycles. The first kappa shape index (κ1) is 13.3. The summed E-state index contributed by atoms with van der Waals surface area (Å²) < 4.78 is 10.4. The molecular weight excluding hydrogens is 254 g/mol. The van der Waals surface area contributed by atoms with Crippen molar-refractivity contribution in [3.8, 4) is 11.5 Å². The Hall–Kier alpha value is -1.71. The maximum absolute atomic E-state index is 12.3. The topological polar surface area (TPSA) is 47.6 Å². The van der Waals surface area contributed by atoms with Gasteiger partial charge in [0.1, 0.15) is 0 Å². The van der Waals surface area contributed by atoms with E-state index in [2.05, 4.69) is 5.32 Å². The number of carbonyl (C=O) groups is 1. The van der Waals surface area contributed by atoms with Gasteiger partial charge in [0.2, 0.25) is 0 Å².